The normalized spacial score (nSPS) is 19.6. The molecule has 0 aliphatic carbocycles. The van der Waals surface area contributed by atoms with Crippen LogP contribution in [0.15, 0.2) is 29.3 Å². The Labute approximate surface area is 139 Å². The number of piperidine rings is 1. The lowest BCUT2D eigenvalue weighted by Crippen LogP contribution is -2.39. The predicted octanol–water partition coefficient (Wildman–Crippen LogP) is 2.61. The van der Waals surface area contributed by atoms with E-state index in [9.17, 15) is 4.39 Å². The molecular weight excluding hydrogens is 291 g/mol. The van der Waals surface area contributed by atoms with Crippen molar-refractivity contribution in [3.05, 3.63) is 35.6 Å². The maximum Gasteiger partial charge on any atom is 0.191 e. The first-order valence-corrected chi connectivity index (χ1v) is 8.58. The van der Waals surface area contributed by atoms with E-state index in [0.29, 0.717) is 6.54 Å². The highest BCUT2D eigenvalue weighted by Gasteiger charge is 2.15. The van der Waals surface area contributed by atoms with E-state index in [-0.39, 0.29) is 5.82 Å². The first-order chi connectivity index (χ1) is 11.2. The van der Waals surface area contributed by atoms with Gasteiger partial charge in [-0.05, 0) is 56.0 Å². The smallest absolute Gasteiger partial charge is 0.191 e. The number of benzene rings is 1. The molecule has 1 aliphatic heterocycles. The van der Waals surface area contributed by atoms with E-state index in [1.165, 1.54) is 38.1 Å². The second-order valence-electron chi connectivity index (χ2n) is 6.38. The average Bonchev–Trinajstić information content (AvgIpc) is 2.56. The van der Waals surface area contributed by atoms with Gasteiger partial charge in [0.2, 0.25) is 0 Å². The van der Waals surface area contributed by atoms with Crippen LogP contribution in [0.3, 0.4) is 0 Å². The van der Waals surface area contributed by atoms with Crippen LogP contribution >= 0.6 is 0 Å². The van der Waals surface area contributed by atoms with E-state index in [2.05, 4.69) is 27.4 Å². The van der Waals surface area contributed by atoms with Crippen LogP contribution in [0.25, 0.3) is 0 Å². The topological polar surface area (TPSA) is 39.7 Å². The fourth-order valence-corrected chi connectivity index (χ4v) is 3.01. The number of hydrogen-bond acceptors (Lipinski definition) is 2. The molecule has 0 saturated carbocycles. The fraction of sp³-hybridized carbons (Fsp3) is 0.611. The third kappa shape index (κ3) is 6.57. The van der Waals surface area contributed by atoms with Gasteiger partial charge in [-0.1, -0.05) is 19.1 Å². The lowest BCUT2D eigenvalue weighted by molar-refractivity contribution is 0.182. The minimum absolute atomic E-state index is 0.205. The first-order valence-electron chi connectivity index (χ1n) is 8.58. The molecule has 2 N–H and O–H groups in total. The van der Waals surface area contributed by atoms with Gasteiger partial charge >= 0.3 is 0 Å². The van der Waals surface area contributed by atoms with Crippen molar-refractivity contribution < 1.29 is 4.39 Å². The van der Waals surface area contributed by atoms with Crippen LogP contribution in [0.5, 0.6) is 0 Å². The van der Waals surface area contributed by atoms with E-state index in [1.807, 2.05) is 0 Å². The van der Waals surface area contributed by atoms with Crippen molar-refractivity contribution in [3.8, 4) is 0 Å². The van der Waals surface area contributed by atoms with Crippen molar-refractivity contribution in [3.63, 3.8) is 0 Å². The SMILES string of the molecule is CN=C(NCCCN1CCCC(C)C1)NCc1ccc(F)cc1. The average molecular weight is 320 g/mol. The minimum atomic E-state index is -0.205. The minimum Gasteiger partial charge on any atom is -0.356 e. The van der Waals surface area contributed by atoms with E-state index < -0.39 is 0 Å². The Morgan fingerprint density at radius 1 is 1.30 bits per heavy atom. The molecule has 2 rings (SSSR count). The molecule has 128 valence electrons. The molecule has 1 aromatic carbocycles. The van der Waals surface area contributed by atoms with Crippen molar-refractivity contribution in [1.82, 2.24) is 15.5 Å². The maximum atomic E-state index is 12.9. The molecule has 1 aliphatic rings. The van der Waals surface area contributed by atoms with Crippen LogP contribution in [-0.2, 0) is 6.54 Å². The summed E-state index contributed by atoms with van der Waals surface area (Å²) in [5.41, 5.74) is 1.04. The summed E-state index contributed by atoms with van der Waals surface area (Å²) in [7, 11) is 1.77. The van der Waals surface area contributed by atoms with Gasteiger partial charge in [-0.15, -0.1) is 0 Å². The van der Waals surface area contributed by atoms with E-state index >= 15 is 0 Å². The number of hydrogen-bond donors (Lipinski definition) is 2. The highest BCUT2D eigenvalue weighted by atomic mass is 19.1. The molecule has 0 amide bonds. The maximum absolute atomic E-state index is 12.9. The molecule has 1 saturated heterocycles. The van der Waals surface area contributed by atoms with Gasteiger partial charge in [-0.25, -0.2) is 4.39 Å². The molecule has 5 heteroatoms. The van der Waals surface area contributed by atoms with Crippen LogP contribution in [-0.4, -0.2) is 44.1 Å². The Hall–Kier alpha value is -1.62. The Morgan fingerprint density at radius 3 is 2.78 bits per heavy atom. The standard InChI is InChI=1S/C18H29FN4/c1-15-5-3-11-23(14-15)12-4-10-21-18(20-2)22-13-16-6-8-17(19)9-7-16/h6-9,15H,3-5,10-14H2,1-2H3,(H2,20,21,22). The summed E-state index contributed by atoms with van der Waals surface area (Å²) in [6.45, 7) is 7.51. The van der Waals surface area contributed by atoms with E-state index in [4.69, 9.17) is 0 Å². The molecule has 0 aromatic heterocycles. The molecule has 0 bridgehead atoms. The van der Waals surface area contributed by atoms with Gasteiger partial charge < -0.3 is 15.5 Å². The van der Waals surface area contributed by atoms with E-state index in [1.54, 1.807) is 19.2 Å². The largest absolute Gasteiger partial charge is 0.356 e. The Morgan fingerprint density at radius 2 is 2.09 bits per heavy atom. The zero-order valence-electron chi connectivity index (χ0n) is 14.3. The van der Waals surface area contributed by atoms with Crippen LogP contribution in [0, 0.1) is 11.7 Å². The number of likely N-dealkylation sites (tertiary alicyclic amines) is 1. The van der Waals surface area contributed by atoms with Crippen molar-refractivity contribution in [1.29, 1.82) is 0 Å². The van der Waals surface area contributed by atoms with Gasteiger partial charge in [0.15, 0.2) is 5.96 Å². The summed E-state index contributed by atoms with van der Waals surface area (Å²) >= 11 is 0. The molecule has 23 heavy (non-hydrogen) atoms. The van der Waals surface area contributed by atoms with Crippen molar-refractivity contribution >= 4 is 5.96 Å². The Kier molecular flexibility index (Phi) is 7.33. The predicted molar refractivity (Wildman–Crippen MR) is 94.1 cm³/mol. The third-order valence-electron chi connectivity index (χ3n) is 4.28. The first kappa shape index (κ1) is 17.7. The zero-order chi connectivity index (χ0) is 16.5. The quantitative estimate of drug-likeness (QED) is 0.481. The molecule has 0 radical (unpaired) electrons. The van der Waals surface area contributed by atoms with Crippen LogP contribution in [0.1, 0.15) is 31.7 Å². The number of guanidine groups is 1. The molecule has 1 fully saturated rings. The number of nitrogens with zero attached hydrogens (tertiary/aromatic N) is 2. The molecule has 1 atom stereocenters. The van der Waals surface area contributed by atoms with Gasteiger partial charge in [0, 0.05) is 26.7 Å². The molecule has 4 nitrogen and oxygen atoms in total. The number of aliphatic imine (C=N–C) groups is 1. The summed E-state index contributed by atoms with van der Waals surface area (Å²) in [5.74, 6) is 1.42. The van der Waals surface area contributed by atoms with Gasteiger partial charge in [-0.3, -0.25) is 4.99 Å². The molecule has 1 aromatic rings. The van der Waals surface area contributed by atoms with Gasteiger partial charge in [-0.2, -0.15) is 0 Å². The number of nitrogens with one attached hydrogen (secondary N) is 2. The summed E-state index contributed by atoms with van der Waals surface area (Å²) in [6, 6.07) is 6.53. The zero-order valence-corrected chi connectivity index (χ0v) is 14.3. The fourth-order valence-electron chi connectivity index (χ4n) is 3.01. The monoisotopic (exact) mass is 320 g/mol. The third-order valence-corrected chi connectivity index (χ3v) is 4.28. The number of rotatable bonds is 6. The second kappa shape index (κ2) is 9.50. The van der Waals surface area contributed by atoms with Crippen LogP contribution in [0.4, 0.5) is 4.39 Å². The van der Waals surface area contributed by atoms with Gasteiger partial charge in [0.05, 0.1) is 0 Å². The van der Waals surface area contributed by atoms with Crippen molar-refractivity contribution in [2.75, 3.05) is 33.2 Å². The summed E-state index contributed by atoms with van der Waals surface area (Å²) < 4.78 is 12.9. The summed E-state index contributed by atoms with van der Waals surface area (Å²) in [5, 5.41) is 6.59. The van der Waals surface area contributed by atoms with Crippen molar-refractivity contribution in [2.45, 2.75) is 32.7 Å². The van der Waals surface area contributed by atoms with E-state index in [0.717, 1.165) is 37.0 Å². The van der Waals surface area contributed by atoms with Gasteiger partial charge in [0.1, 0.15) is 5.82 Å². The molecular formula is C18H29FN4. The Bertz CT molecular complexity index is 486. The van der Waals surface area contributed by atoms with Crippen LogP contribution in [0.2, 0.25) is 0 Å². The number of halogens is 1. The lowest BCUT2D eigenvalue weighted by atomic mass is 10.0. The molecule has 1 unspecified atom stereocenters. The Balaban J connectivity index is 1.62. The van der Waals surface area contributed by atoms with Crippen molar-refractivity contribution in [2.24, 2.45) is 10.9 Å². The summed E-state index contributed by atoms with van der Waals surface area (Å²) in [4.78, 5) is 6.78. The highest BCUT2D eigenvalue weighted by Crippen LogP contribution is 2.15. The highest BCUT2D eigenvalue weighted by molar-refractivity contribution is 5.79. The molecule has 0 spiro atoms. The lowest BCUT2D eigenvalue weighted by Gasteiger charge is -2.30. The summed E-state index contributed by atoms with van der Waals surface area (Å²) in [6.07, 6.45) is 3.81. The van der Waals surface area contributed by atoms with Crippen LogP contribution < -0.4 is 10.6 Å². The molecule has 1 heterocycles. The second-order valence-corrected chi connectivity index (χ2v) is 6.38. The van der Waals surface area contributed by atoms with Gasteiger partial charge in [0.25, 0.3) is 0 Å².